The van der Waals surface area contributed by atoms with Crippen molar-refractivity contribution >= 4 is 5.97 Å². The Morgan fingerprint density at radius 1 is 1.83 bits per heavy atom. The van der Waals surface area contributed by atoms with E-state index in [9.17, 15) is 4.79 Å². The predicted molar refractivity (Wildman–Crippen MR) is 44.0 cm³/mol. The lowest BCUT2D eigenvalue weighted by Crippen LogP contribution is -2.42. The third-order valence-electron chi connectivity index (χ3n) is 2.06. The topological polar surface area (TPSA) is 58.6 Å². The molecule has 1 saturated heterocycles. The van der Waals surface area contributed by atoms with Crippen LogP contribution in [0, 0.1) is 5.92 Å². The molecule has 2 atom stereocenters. The second kappa shape index (κ2) is 4.42. The molecule has 4 heteroatoms. The van der Waals surface area contributed by atoms with Crippen LogP contribution in [0.25, 0.3) is 0 Å². The summed E-state index contributed by atoms with van der Waals surface area (Å²) < 4.78 is 5.21. The second-order valence-electron chi connectivity index (χ2n) is 3.20. The lowest BCUT2D eigenvalue weighted by Gasteiger charge is -2.24. The third-order valence-corrected chi connectivity index (χ3v) is 2.06. The molecule has 0 spiro atoms. The van der Waals surface area contributed by atoms with Gasteiger partial charge in [0.05, 0.1) is 19.1 Å². The van der Waals surface area contributed by atoms with E-state index in [1.165, 1.54) is 0 Å². The molecule has 2 N–H and O–H groups in total. The monoisotopic (exact) mass is 173 g/mol. The summed E-state index contributed by atoms with van der Waals surface area (Å²) in [6.45, 7) is 3.92. The van der Waals surface area contributed by atoms with Crippen LogP contribution in [0.2, 0.25) is 0 Å². The molecule has 1 heterocycles. The van der Waals surface area contributed by atoms with Crippen molar-refractivity contribution in [2.75, 3.05) is 19.8 Å². The van der Waals surface area contributed by atoms with E-state index in [-0.39, 0.29) is 12.0 Å². The maximum atomic E-state index is 10.5. The minimum Gasteiger partial charge on any atom is -0.481 e. The van der Waals surface area contributed by atoms with Crippen molar-refractivity contribution in [2.24, 2.45) is 5.92 Å². The van der Waals surface area contributed by atoms with Crippen molar-refractivity contribution in [1.29, 1.82) is 0 Å². The molecule has 0 bridgehead atoms. The molecule has 1 aliphatic rings. The van der Waals surface area contributed by atoms with Crippen molar-refractivity contribution in [3.05, 3.63) is 0 Å². The quantitative estimate of drug-likeness (QED) is 0.635. The Balaban J connectivity index is 2.24. The van der Waals surface area contributed by atoms with Gasteiger partial charge in [-0.1, -0.05) is 6.92 Å². The summed E-state index contributed by atoms with van der Waals surface area (Å²) >= 11 is 0. The van der Waals surface area contributed by atoms with Gasteiger partial charge in [0, 0.05) is 12.6 Å². The molecule has 2 unspecified atom stereocenters. The van der Waals surface area contributed by atoms with Crippen molar-refractivity contribution in [1.82, 2.24) is 5.32 Å². The first kappa shape index (κ1) is 9.48. The minimum atomic E-state index is -0.734. The standard InChI is InChI=1S/C8H15NO3/c1-6(8(10)11)4-7-5-12-3-2-9-7/h6-7,9H,2-5H2,1H3,(H,10,11). The first-order valence-electron chi connectivity index (χ1n) is 4.24. The maximum absolute atomic E-state index is 10.5. The number of carboxylic acid groups (broad SMARTS) is 1. The smallest absolute Gasteiger partial charge is 0.306 e. The maximum Gasteiger partial charge on any atom is 0.306 e. The summed E-state index contributed by atoms with van der Waals surface area (Å²) in [6, 6.07) is 0.213. The van der Waals surface area contributed by atoms with E-state index in [0.29, 0.717) is 13.0 Å². The van der Waals surface area contributed by atoms with Gasteiger partial charge in [0.25, 0.3) is 0 Å². The van der Waals surface area contributed by atoms with Crippen LogP contribution in [-0.2, 0) is 9.53 Å². The van der Waals surface area contributed by atoms with E-state index in [1.54, 1.807) is 6.92 Å². The number of nitrogens with one attached hydrogen (secondary N) is 1. The van der Waals surface area contributed by atoms with Crippen LogP contribution >= 0.6 is 0 Å². The van der Waals surface area contributed by atoms with Crippen molar-refractivity contribution in [2.45, 2.75) is 19.4 Å². The molecule has 0 amide bonds. The van der Waals surface area contributed by atoms with Crippen molar-refractivity contribution < 1.29 is 14.6 Å². The van der Waals surface area contributed by atoms with E-state index >= 15 is 0 Å². The van der Waals surface area contributed by atoms with Gasteiger partial charge in [0.2, 0.25) is 0 Å². The molecule has 12 heavy (non-hydrogen) atoms. The highest BCUT2D eigenvalue weighted by molar-refractivity contribution is 5.69. The molecule has 1 aliphatic heterocycles. The number of hydrogen-bond acceptors (Lipinski definition) is 3. The molecular formula is C8H15NO3. The Bertz CT molecular complexity index is 154. The normalized spacial score (nSPS) is 26.6. The molecule has 0 radical (unpaired) electrons. The van der Waals surface area contributed by atoms with Gasteiger partial charge < -0.3 is 15.2 Å². The average Bonchev–Trinajstić information content (AvgIpc) is 2.06. The van der Waals surface area contributed by atoms with Crippen molar-refractivity contribution in [3.8, 4) is 0 Å². The SMILES string of the molecule is CC(CC1COCCN1)C(=O)O. The number of aliphatic carboxylic acids is 1. The van der Waals surface area contributed by atoms with Crippen LogP contribution < -0.4 is 5.32 Å². The lowest BCUT2D eigenvalue weighted by atomic mass is 10.0. The highest BCUT2D eigenvalue weighted by Gasteiger charge is 2.19. The van der Waals surface area contributed by atoms with E-state index in [0.717, 1.165) is 13.2 Å². The van der Waals surface area contributed by atoms with Crippen LogP contribution in [0.5, 0.6) is 0 Å². The number of hydrogen-bond donors (Lipinski definition) is 2. The minimum absolute atomic E-state index is 0.213. The molecule has 0 aromatic carbocycles. The van der Waals surface area contributed by atoms with E-state index < -0.39 is 5.97 Å². The first-order chi connectivity index (χ1) is 5.70. The fourth-order valence-corrected chi connectivity index (χ4v) is 1.30. The van der Waals surface area contributed by atoms with Crippen LogP contribution in [-0.4, -0.2) is 36.9 Å². The molecule has 4 nitrogen and oxygen atoms in total. The average molecular weight is 173 g/mol. The second-order valence-corrected chi connectivity index (χ2v) is 3.20. The largest absolute Gasteiger partial charge is 0.481 e. The Kier molecular flexibility index (Phi) is 3.49. The number of rotatable bonds is 3. The van der Waals surface area contributed by atoms with Gasteiger partial charge in [-0.3, -0.25) is 4.79 Å². The van der Waals surface area contributed by atoms with E-state index in [1.807, 2.05) is 0 Å². The number of carbonyl (C=O) groups is 1. The summed E-state index contributed by atoms with van der Waals surface area (Å²) in [6.07, 6.45) is 0.648. The summed E-state index contributed by atoms with van der Waals surface area (Å²) in [4.78, 5) is 10.5. The molecule has 0 aromatic heterocycles. The highest BCUT2D eigenvalue weighted by atomic mass is 16.5. The molecule has 1 fully saturated rings. The fraction of sp³-hybridized carbons (Fsp3) is 0.875. The summed E-state index contributed by atoms with van der Waals surface area (Å²) in [5.74, 6) is -1.02. The van der Waals surface area contributed by atoms with E-state index in [4.69, 9.17) is 9.84 Å². The molecule has 0 aromatic rings. The zero-order valence-electron chi connectivity index (χ0n) is 7.25. The Hall–Kier alpha value is -0.610. The lowest BCUT2D eigenvalue weighted by molar-refractivity contribution is -0.141. The van der Waals surface area contributed by atoms with E-state index in [2.05, 4.69) is 5.32 Å². The third kappa shape index (κ3) is 2.79. The molecule has 0 saturated carbocycles. The summed E-state index contributed by atoms with van der Waals surface area (Å²) in [5, 5.41) is 11.9. The zero-order chi connectivity index (χ0) is 8.97. The first-order valence-corrected chi connectivity index (χ1v) is 4.24. The number of morpholine rings is 1. The van der Waals surface area contributed by atoms with Gasteiger partial charge in [-0.25, -0.2) is 0 Å². The molecular weight excluding hydrogens is 158 g/mol. The van der Waals surface area contributed by atoms with Gasteiger partial charge >= 0.3 is 5.97 Å². The summed E-state index contributed by atoms with van der Waals surface area (Å²) in [7, 11) is 0. The number of carboxylic acids is 1. The van der Waals surface area contributed by atoms with Crippen LogP contribution in [0.3, 0.4) is 0 Å². The fourth-order valence-electron chi connectivity index (χ4n) is 1.30. The Labute approximate surface area is 71.9 Å². The zero-order valence-corrected chi connectivity index (χ0v) is 7.25. The van der Waals surface area contributed by atoms with Gasteiger partial charge in [-0.2, -0.15) is 0 Å². The molecule has 0 aliphatic carbocycles. The van der Waals surface area contributed by atoms with Crippen LogP contribution in [0.4, 0.5) is 0 Å². The van der Waals surface area contributed by atoms with Gasteiger partial charge in [0.1, 0.15) is 0 Å². The van der Waals surface area contributed by atoms with Gasteiger partial charge in [0.15, 0.2) is 0 Å². The number of ether oxygens (including phenoxy) is 1. The van der Waals surface area contributed by atoms with Gasteiger partial charge in [-0.15, -0.1) is 0 Å². The van der Waals surface area contributed by atoms with Crippen molar-refractivity contribution in [3.63, 3.8) is 0 Å². The Morgan fingerprint density at radius 3 is 3.08 bits per heavy atom. The molecule has 1 rings (SSSR count). The van der Waals surface area contributed by atoms with Crippen LogP contribution in [0.1, 0.15) is 13.3 Å². The molecule has 70 valence electrons. The Morgan fingerprint density at radius 2 is 2.58 bits per heavy atom. The van der Waals surface area contributed by atoms with Crippen LogP contribution in [0.15, 0.2) is 0 Å². The predicted octanol–water partition coefficient (Wildman–Crippen LogP) is 0.0856. The van der Waals surface area contributed by atoms with Gasteiger partial charge in [-0.05, 0) is 6.42 Å². The highest BCUT2D eigenvalue weighted by Crippen LogP contribution is 2.08. The summed E-state index contributed by atoms with van der Waals surface area (Å²) in [5.41, 5.74) is 0.